The lowest BCUT2D eigenvalue weighted by Gasteiger charge is -2.17. The summed E-state index contributed by atoms with van der Waals surface area (Å²) in [5.41, 5.74) is 0. The fourth-order valence-corrected chi connectivity index (χ4v) is 5.00. The third kappa shape index (κ3) is 14.5. The first-order valence-corrected chi connectivity index (χ1v) is 12.3. The minimum absolute atomic E-state index is 0.389. The van der Waals surface area contributed by atoms with Crippen LogP contribution >= 0.6 is 0 Å². The van der Waals surface area contributed by atoms with E-state index in [1.54, 1.807) is 0 Å². The lowest BCUT2D eigenvalue weighted by molar-refractivity contribution is 0.560. The average Bonchev–Trinajstić information content (AvgIpc) is 2.59. The quantitative estimate of drug-likeness (QED) is 0.228. The summed E-state index contributed by atoms with van der Waals surface area (Å²) in [7, 11) is -0.630. The standard InChI is InChI=1S/C22H46OS/c1-5-7-9-11-13-15-17-19-21(3)24(23)22(4)20-18-16-14-12-10-8-6-2/h21-22H,5-20H2,1-4H3. The monoisotopic (exact) mass is 358 g/mol. The molecule has 0 aromatic rings. The normalized spacial score (nSPS) is 15.3. The smallest absolute Gasteiger partial charge is 0.0322 e. The van der Waals surface area contributed by atoms with E-state index >= 15 is 0 Å². The number of unbranched alkanes of at least 4 members (excludes halogenated alkanes) is 12. The maximum Gasteiger partial charge on any atom is 0.0322 e. The summed E-state index contributed by atoms with van der Waals surface area (Å²) in [6, 6.07) is 0. The van der Waals surface area contributed by atoms with Crippen molar-refractivity contribution in [3.63, 3.8) is 0 Å². The second-order valence-electron chi connectivity index (χ2n) is 7.77. The van der Waals surface area contributed by atoms with Gasteiger partial charge in [0.1, 0.15) is 0 Å². The molecule has 0 fully saturated rings. The van der Waals surface area contributed by atoms with E-state index in [9.17, 15) is 4.21 Å². The van der Waals surface area contributed by atoms with Crippen LogP contribution < -0.4 is 0 Å². The Labute approximate surface area is 156 Å². The van der Waals surface area contributed by atoms with Gasteiger partial charge in [0.25, 0.3) is 0 Å². The molecule has 0 aromatic heterocycles. The van der Waals surface area contributed by atoms with Crippen LogP contribution in [-0.2, 0) is 10.8 Å². The lowest BCUT2D eigenvalue weighted by Crippen LogP contribution is -2.21. The Bertz CT molecular complexity index is 251. The molecule has 0 aromatic carbocycles. The van der Waals surface area contributed by atoms with Gasteiger partial charge >= 0.3 is 0 Å². The van der Waals surface area contributed by atoms with Crippen molar-refractivity contribution in [2.24, 2.45) is 0 Å². The maximum absolute atomic E-state index is 12.6. The van der Waals surface area contributed by atoms with Gasteiger partial charge in [-0.2, -0.15) is 0 Å². The molecule has 0 aliphatic rings. The summed E-state index contributed by atoms with van der Waals surface area (Å²) in [5, 5.41) is 0.778. The topological polar surface area (TPSA) is 17.1 Å². The van der Waals surface area contributed by atoms with Gasteiger partial charge in [0.15, 0.2) is 0 Å². The minimum atomic E-state index is -0.630. The minimum Gasteiger partial charge on any atom is -0.259 e. The molecule has 0 heterocycles. The van der Waals surface area contributed by atoms with Crippen LogP contribution in [0.3, 0.4) is 0 Å². The van der Waals surface area contributed by atoms with Crippen molar-refractivity contribution >= 4 is 10.8 Å². The Hall–Kier alpha value is 0.150. The van der Waals surface area contributed by atoms with E-state index in [0.717, 1.165) is 12.8 Å². The van der Waals surface area contributed by atoms with E-state index in [0.29, 0.717) is 10.5 Å². The summed E-state index contributed by atoms with van der Waals surface area (Å²) < 4.78 is 12.6. The molecule has 0 bridgehead atoms. The van der Waals surface area contributed by atoms with Crippen molar-refractivity contribution in [2.45, 2.75) is 141 Å². The highest BCUT2D eigenvalue weighted by molar-refractivity contribution is 7.86. The molecule has 0 radical (unpaired) electrons. The van der Waals surface area contributed by atoms with Gasteiger partial charge in [0.2, 0.25) is 0 Å². The zero-order valence-corrected chi connectivity index (χ0v) is 18.1. The molecule has 0 saturated heterocycles. The summed E-state index contributed by atoms with van der Waals surface area (Å²) in [6.45, 7) is 8.94. The first-order chi connectivity index (χ1) is 11.6. The highest BCUT2D eigenvalue weighted by atomic mass is 32.2. The van der Waals surface area contributed by atoms with Gasteiger partial charge in [-0.3, -0.25) is 4.21 Å². The van der Waals surface area contributed by atoms with Crippen molar-refractivity contribution in [3.05, 3.63) is 0 Å². The molecular weight excluding hydrogens is 312 g/mol. The van der Waals surface area contributed by atoms with E-state index in [1.807, 2.05) is 0 Å². The Balaban J connectivity index is 3.57. The zero-order chi connectivity index (χ0) is 18.0. The Kier molecular flexibility index (Phi) is 18.1. The van der Waals surface area contributed by atoms with Crippen molar-refractivity contribution in [3.8, 4) is 0 Å². The molecular formula is C22H46OS. The fraction of sp³-hybridized carbons (Fsp3) is 1.00. The van der Waals surface area contributed by atoms with Crippen molar-refractivity contribution in [2.75, 3.05) is 0 Å². The Morgan fingerprint density at radius 3 is 1.17 bits per heavy atom. The Morgan fingerprint density at radius 2 is 0.833 bits per heavy atom. The largest absolute Gasteiger partial charge is 0.259 e. The predicted molar refractivity (Wildman–Crippen MR) is 112 cm³/mol. The van der Waals surface area contributed by atoms with E-state index in [4.69, 9.17) is 0 Å². The van der Waals surface area contributed by atoms with Gasteiger partial charge in [-0.25, -0.2) is 0 Å². The van der Waals surface area contributed by atoms with Crippen molar-refractivity contribution in [1.82, 2.24) is 0 Å². The maximum atomic E-state index is 12.6. The lowest BCUT2D eigenvalue weighted by atomic mass is 10.1. The van der Waals surface area contributed by atoms with Crippen LogP contribution in [0.2, 0.25) is 0 Å². The van der Waals surface area contributed by atoms with E-state index in [-0.39, 0.29) is 0 Å². The molecule has 0 amide bonds. The number of rotatable bonds is 18. The molecule has 0 spiro atoms. The molecule has 0 N–H and O–H groups in total. The van der Waals surface area contributed by atoms with Crippen molar-refractivity contribution in [1.29, 1.82) is 0 Å². The summed E-state index contributed by atoms with van der Waals surface area (Å²) in [5.74, 6) is 0. The molecule has 0 aliphatic carbocycles. The molecule has 0 aliphatic heterocycles. The number of hydrogen-bond acceptors (Lipinski definition) is 1. The second-order valence-corrected chi connectivity index (χ2v) is 10.0. The molecule has 2 atom stereocenters. The molecule has 0 rings (SSSR count). The highest BCUT2D eigenvalue weighted by Gasteiger charge is 2.17. The van der Waals surface area contributed by atoms with Gasteiger partial charge in [-0.1, -0.05) is 118 Å². The van der Waals surface area contributed by atoms with Gasteiger partial charge in [-0.05, 0) is 12.8 Å². The number of hydrogen-bond donors (Lipinski definition) is 0. The predicted octanol–water partition coefficient (Wildman–Crippen LogP) is 7.79. The van der Waals surface area contributed by atoms with Crippen LogP contribution in [0.5, 0.6) is 0 Å². The third-order valence-corrected chi connectivity index (χ3v) is 7.28. The van der Waals surface area contributed by atoms with E-state index in [1.165, 1.54) is 89.9 Å². The van der Waals surface area contributed by atoms with Crippen LogP contribution in [0.4, 0.5) is 0 Å². The van der Waals surface area contributed by atoms with Crippen LogP contribution in [-0.4, -0.2) is 14.7 Å². The van der Waals surface area contributed by atoms with Gasteiger partial charge < -0.3 is 0 Å². The first-order valence-electron chi connectivity index (χ1n) is 11.0. The average molecular weight is 359 g/mol. The van der Waals surface area contributed by atoms with Crippen molar-refractivity contribution < 1.29 is 4.21 Å². The molecule has 146 valence electrons. The van der Waals surface area contributed by atoms with Gasteiger partial charge in [0, 0.05) is 21.3 Å². The zero-order valence-electron chi connectivity index (χ0n) is 17.3. The SMILES string of the molecule is CCCCCCCCCC(C)S(=O)C(C)CCCCCCCCC. The van der Waals surface area contributed by atoms with Crippen LogP contribution in [0.15, 0.2) is 0 Å². The summed E-state index contributed by atoms with van der Waals surface area (Å²) >= 11 is 0. The third-order valence-electron chi connectivity index (χ3n) is 5.22. The van der Waals surface area contributed by atoms with Crippen LogP contribution in [0, 0.1) is 0 Å². The van der Waals surface area contributed by atoms with Crippen LogP contribution in [0.1, 0.15) is 130 Å². The van der Waals surface area contributed by atoms with E-state index < -0.39 is 10.8 Å². The molecule has 1 nitrogen and oxygen atoms in total. The molecule has 24 heavy (non-hydrogen) atoms. The molecule has 2 heteroatoms. The van der Waals surface area contributed by atoms with Gasteiger partial charge in [0.05, 0.1) is 0 Å². The molecule has 2 unspecified atom stereocenters. The van der Waals surface area contributed by atoms with Gasteiger partial charge in [-0.15, -0.1) is 0 Å². The summed E-state index contributed by atoms with van der Waals surface area (Å²) in [6.07, 6.45) is 21.2. The Morgan fingerprint density at radius 1 is 0.542 bits per heavy atom. The highest BCUT2D eigenvalue weighted by Crippen LogP contribution is 2.18. The van der Waals surface area contributed by atoms with E-state index in [2.05, 4.69) is 27.7 Å². The summed E-state index contributed by atoms with van der Waals surface area (Å²) in [4.78, 5) is 0. The second kappa shape index (κ2) is 18.0. The first kappa shape index (κ1) is 24.1. The fourth-order valence-electron chi connectivity index (χ4n) is 3.41. The molecule has 0 saturated carbocycles. The van der Waals surface area contributed by atoms with Crippen LogP contribution in [0.25, 0.3) is 0 Å².